The second-order valence-corrected chi connectivity index (χ2v) is 6.47. The summed E-state index contributed by atoms with van der Waals surface area (Å²) >= 11 is 0. The molecule has 0 bridgehead atoms. The highest BCUT2D eigenvalue weighted by molar-refractivity contribution is 6.03. The van der Waals surface area contributed by atoms with Gasteiger partial charge in [-0.3, -0.25) is 9.59 Å². The van der Waals surface area contributed by atoms with Gasteiger partial charge in [-0.25, -0.2) is 0 Å². The number of carbonyl (C=O) groups is 2. The number of nitrogens with one attached hydrogen (secondary N) is 1. The lowest BCUT2D eigenvalue weighted by atomic mass is 10.0. The molecule has 1 heterocycles. The van der Waals surface area contributed by atoms with Crippen LogP contribution in [0.3, 0.4) is 0 Å². The summed E-state index contributed by atoms with van der Waals surface area (Å²) in [5.41, 5.74) is 2.82. The maximum atomic E-state index is 12.5. The summed E-state index contributed by atoms with van der Waals surface area (Å²) in [6, 6.07) is 17.3. The van der Waals surface area contributed by atoms with E-state index < -0.39 is 0 Å². The number of carbonyl (C=O) groups excluding carboxylic acids is 2. The molecule has 124 valence electrons. The van der Waals surface area contributed by atoms with Gasteiger partial charge in [-0.1, -0.05) is 50.2 Å². The molecular weight excluding hydrogens is 300 g/mol. The molecule has 1 aliphatic rings. The molecule has 1 unspecified atom stereocenters. The molecule has 0 saturated carbocycles. The van der Waals surface area contributed by atoms with Crippen LogP contribution in [0.1, 0.15) is 31.7 Å². The van der Waals surface area contributed by atoms with E-state index in [0.717, 1.165) is 16.9 Å². The zero-order valence-electron chi connectivity index (χ0n) is 14.0. The van der Waals surface area contributed by atoms with Crippen LogP contribution < -0.4 is 10.2 Å². The van der Waals surface area contributed by atoms with E-state index in [9.17, 15) is 9.59 Å². The second kappa shape index (κ2) is 6.87. The normalized spacial score (nSPS) is 17.4. The van der Waals surface area contributed by atoms with Crippen molar-refractivity contribution in [1.82, 2.24) is 0 Å². The van der Waals surface area contributed by atoms with Gasteiger partial charge in [0.1, 0.15) is 0 Å². The van der Waals surface area contributed by atoms with Crippen LogP contribution >= 0.6 is 0 Å². The zero-order valence-corrected chi connectivity index (χ0v) is 14.0. The smallest absolute Gasteiger partial charge is 0.229 e. The minimum Gasteiger partial charge on any atom is -0.326 e. The third-order valence-corrected chi connectivity index (χ3v) is 4.39. The van der Waals surface area contributed by atoms with Crippen LogP contribution in [-0.2, 0) is 9.59 Å². The maximum Gasteiger partial charge on any atom is 0.229 e. The maximum absolute atomic E-state index is 12.5. The molecule has 1 N–H and O–H groups in total. The van der Waals surface area contributed by atoms with Gasteiger partial charge < -0.3 is 10.2 Å². The van der Waals surface area contributed by atoms with Crippen LogP contribution in [0.25, 0.3) is 0 Å². The van der Waals surface area contributed by atoms with Crippen molar-refractivity contribution in [2.24, 2.45) is 5.92 Å². The molecule has 1 fully saturated rings. The highest BCUT2D eigenvalue weighted by Crippen LogP contribution is 2.32. The third kappa shape index (κ3) is 3.32. The molecule has 2 aromatic carbocycles. The molecule has 1 aliphatic heterocycles. The Balaban J connectivity index is 1.75. The number of benzene rings is 2. The quantitative estimate of drug-likeness (QED) is 0.931. The Morgan fingerprint density at radius 2 is 1.75 bits per heavy atom. The van der Waals surface area contributed by atoms with Crippen LogP contribution in [0, 0.1) is 5.92 Å². The van der Waals surface area contributed by atoms with Gasteiger partial charge in [0.2, 0.25) is 11.8 Å². The fraction of sp³-hybridized carbons (Fsp3) is 0.300. The predicted molar refractivity (Wildman–Crippen MR) is 96.1 cm³/mol. The van der Waals surface area contributed by atoms with Gasteiger partial charge in [0.15, 0.2) is 0 Å². The monoisotopic (exact) mass is 322 g/mol. The van der Waals surface area contributed by atoms with Crippen molar-refractivity contribution in [1.29, 1.82) is 0 Å². The van der Waals surface area contributed by atoms with Crippen LogP contribution in [-0.4, -0.2) is 18.4 Å². The van der Waals surface area contributed by atoms with Crippen molar-refractivity contribution < 1.29 is 9.59 Å². The number of rotatable bonds is 4. The molecule has 0 spiro atoms. The van der Waals surface area contributed by atoms with Gasteiger partial charge in [-0.05, 0) is 29.7 Å². The topological polar surface area (TPSA) is 49.4 Å². The molecule has 2 amide bonds. The van der Waals surface area contributed by atoms with E-state index in [2.05, 4.69) is 19.2 Å². The Morgan fingerprint density at radius 3 is 2.46 bits per heavy atom. The highest BCUT2D eigenvalue weighted by atomic mass is 16.2. The lowest BCUT2D eigenvalue weighted by Gasteiger charge is -2.22. The van der Waals surface area contributed by atoms with Gasteiger partial charge in [0.25, 0.3) is 0 Å². The fourth-order valence-corrected chi connectivity index (χ4v) is 3.10. The molecule has 0 aliphatic carbocycles. The first-order valence-corrected chi connectivity index (χ1v) is 8.31. The number of hydrogen-bond donors (Lipinski definition) is 1. The van der Waals surface area contributed by atoms with Crippen LogP contribution in [0.2, 0.25) is 0 Å². The summed E-state index contributed by atoms with van der Waals surface area (Å²) in [7, 11) is 0. The van der Waals surface area contributed by atoms with Crippen molar-refractivity contribution in [2.45, 2.75) is 26.2 Å². The van der Waals surface area contributed by atoms with Crippen molar-refractivity contribution >= 4 is 23.2 Å². The summed E-state index contributed by atoms with van der Waals surface area (Å²) < 4.78 is 0. The average molecular weight is 322 g/mol. The first-order valence-electron chi connectivity index (χ1n) is 8.31. The van der Waals surface area contributed by atoms with E-state index >= 15 is 0 Å². The van der Waals surface area contributed by atoms with Gasteiger partial charge in [-0.2, -0.15) is 0 Å². The van der Waals surface area contributed by atoms with E-state index in [1.165, 1.54) is 0 Å². The van der Waals surface area contributed by atoms with E-state index in [-0.39, 0.29) is 24.2 Å². The second-order valence-electron chi connectivity index (χ2n) is 6.47. The number of hydrogen-bond acceptors (Lipinski definition) is 2. The molecule has 1 atom stereocenters. The van der Waals surface area contributed by atoms with Crippen molar-refractivity contribution in [3.63, 3.8) is 0 Å². The Morgan fingerprint density at radius 1 is 1.08 bits per heavy atom. The Labute approximate surface area is 142 Å². The molecule has 24 heavy (non-hydrogen) atoms. The minimum atomic E-state index is -0.321. The molecule has 1 saturated heterocycles. The van der Waals surface area contributed by atoms with Crippen molar-refractivity contribution in [3.8, 4) is 0 Å². The van der Waals surface area contributed by atoms with Crippen molar-refractivity contribution in [2.75, 3.05) is 16.8 Å². The van der Waals surface area contributed by atoms with Gasteiger partial charge in [-0.15, -0.1) is 0 Å². The van der Waals surface area contributed by atoms with Gasteiger partial charge in [0.05, 0.1) is 5.92 Å². The SMILES string of the molecule is CC(C)c1ccccc1N1CC(C(=O)Nc2ccccc2)CC1=O. The van der Waals surface area contributed by atoms with Crippen molar-refractivity contribution in [3.05, 3.63) is 60.2 Å². The summed E-state index contributed by atoms with van der Waals surface area (Å²) in [5, 5.41) is 2.90. The van der Waals surface area contributed by atoms with Crippen LogP contribution in [0.4, 0.5) is 11.4 Å². The standard InChI is InChI=1S/C20H22N2O2/c1-14(2)17-10-6-7-11-18(17)22-13-15(12-19(22)23)20(24)21-16-8-4-3-5-9-16/h3-11,14-15H,12-13H2,1-2H3,(H,21,24). The number of para-hydroxylation sites is 2. The highest BCUT2D eigenvalue weighted by Gasteiger charge is 2.36. The minimum absolute atomic E-state index is 0.0105. The average Bonchev–Trinajstić information content (AvgIpc) is 2.97. The van der Waals surface area contributed by atoms with Crippen LogP contribution in [0.5, 0.6) is 0 Å². The lowest BCUT2D eigenvalue weighted by Crippen LogP contribution is -2.28. The predicted octanol–water partition coefficient (Wildman–Crippen LogP) is 3.80. The lowest BCUT2D eigenvalue weighted by molar-refractivity contribution is -0.122. The first kappa shape index (κ1) is 16.2. The van der Waals surface area contributed by atoms with E-state index in [1.54, 1.807) is 4.90 Å². The molecule has 2 aromatic rings. The van der Waals surface area contributed by atoms with E-state index in [0.29, 0.717) is 12.5 Å². The van der Waals surface area contributed by atoms with E-state index in [4.69, 9.17) is 0 Å². The summed E-state index contributed by atoms with van der Waals surface area (Å²) in [6.07, 6.45) is 0.255. The Bertz CT molecular complexity index is 740. The first-order chi connectivity index (χ1) is 11.6. The summed E-state index contributed by atoms with van der Waals surface area (Å²) in [6.45, 7) is 4.65. The number of anilines is 2. The number of amides is 2. The largest absolute Gasteiger partial charge is 0.326 e. The zero-order chi connectivity index (χ0) is 17.1. The third-order valence-electron chi connectivity index (χ3n) is 4.39. The summed E-state index contributed by atoms with van der Waals surface area (Å²) in [4.78, 5) is 26.7. The molecule has 0 radical (unpaired) electrons. The van der Waals surface area contributed by atoms with E-state index in [1.807, 2.05) is 54.6 Å². The summed E-state index contributed by atoms with van der Waals surface area (Å²) in [5.74, 6) is -0.0838. The van der Waals surface area contributed by atoms with Gasteiger partial charge >= 0.3 is 0 Å². The molecule has 4 nitrogen and oxygen atoms in total. The Kier molecular flexibility index (Phi) is 4.65. The van der Waals surface area contributed by atoms with Crippen LogP contribution in [0.15, 0.2) is 54.6 Å². The molecule has 3 rings (SSSR count). The molecule has 4 heteroatoms. The fourth-order valence-electron chi connectivity index (χ4n) is 3.10. The molecule has 0 aromatic heterocycles. The number of nitrogens with zero attached hydrogens (tertiary/aromatic N) is 1. The Hall–Kier alpha value is -2.62. The van der Waals surface area contributed by atoms with Gasteiger partial charge in [0, 0.05) is 24.3 Å². The molecular formula is C20H22N2O2.